The number of anilines is 1. The molecular weight excluding hydrogens is 267 g/mol. The number of nitro benzene ring substituents is 1. The Kier molecular flexibility index (Phi) is 4.11. The SMILES string of the molecule is CCC(Nc1cc(F)cc([N+](=O)[O-])c1)c1cccs1. The van der Waals surface area contributed by atoms with Crippen LogP contribution in [0.4, 0.5) is 15.8 Å². The van der Waals surface area contributed by atoms with Crippen molar-refractivity contribution in [3.63, 3.8) is 0 Å². The molecule has 6 heteroatoms. The molecule has 0 aliphatic heterocycles. The molecule has 2 aromatic rings. The van der Waals surface area contributed by atoms with Crippen LogP contribution in [0.5, 0.6) is 0 Å². The predicted octanol–water partition coefficient (Wildman–Crippen LogP) is 4.36. The van der Waals surface area contributed by atoms with Gasteiger partial charge in [0.1, 0.15) is 5.82 Å². The number of benzene rings is 1. The zero-order valence-corrected chi connectivity index (χ0v) is 11.1. The van der Waals surface area contributed by atoms with Crippen LogP contribution in [0, 0.1) is 15.9 Å². The molecule has 0 bridgehead atoms. The minimum atomic E-state index is -0.613. The Labute approximate surface area is 114 Å². The maximum atomic E-state index is 13.3. The number of nitrogens with one attached hydrogen (secondary N) is 1. The quantitative estimate of drug-likeness (QED) is 0.654. The molecule has 0 saturated heterocycles. The largest absolute Gasteiger partial charge is 0.377 e. The average Bonchev–Trinajstić information content (AvgIpc) is 2.89. The second-order valence-corrected chi connectivity index (χ2v) is 5.06. The minimum Gasteiger partial charge on any atom is -0.377 e. The van der Waals surface area contributed by atoms with Crippen LogP contribution in [0.2, 0.25) is 0 Å². The van der Waals surface area contributed by atoms with Gasteiger partial charge in [0.2, 0.25) is 0 Å². The van der Waals surface area contributed by atoms with E-state index in [-0.39, 0.29) is 11.7 Å². The van der Waals surface area contributed by atoms with Crippen molar-refractivity contribution in [2.24, 2.45) is 0 Å². The fourth-order valence-corrected chi connectivity index (χ4v) is 2.69. The van der Waals surface area contributed by atoms with E-state index < -0.39 is 10.7 Å². The van der Waals surface area contributed by atoms with Gasteiger partial charge in [-0.25, -0.2) is 4.39 Å². The first-order valence-electron chi connectivity index (χ1n) is 5.85. The van der Waals surface area contributed by atoms with Gasteiger partial charge in [-0.3, -0.25) is 10.1 Å². The third-order valence-electron chi connectivity index (χ3n) is 2.73. The first-order chi connectivity index (χ1) is 9.10. The van der Waals surface area contributed by atoms with Crippen LogP contribution >= 0.6 is 11.3 Å². The summed E-state index contributed by atoms with van der Waals surface area (Å²) >= 11 is 1.60. The standard InChI is InChI=1S/C13H13FN2O2S/c1-2-12(13-4-3-5-19-13)15-10-6-9(14)7-11(8-10)16(17)18/h3-8,12,15H,2H2,1H3. The highest BCUT2D eigenvalue weighted by atomic mass is 32.1. The average molecular weight is 280 g/mol. The molecule has 0 amide bonds. The highest BCUT2D eigenvalue weighted by Crippen LogP contribution is 2.28. The Balaban J connectivity index is 2.24. The molecule has 0 aliphatic carbocycles. The molecule has 0 aliphatic rings. The van der Waals surface area contributed by atoms with E-state index in [0.717, 1.165) is 17.4 Å². The van der Waals surface area contributed by atoms with E-state index in [1.165, 1.54) is 12.1 Å². The third kappa shape index (κ3) is 3.29. The maximum Gasteiger partial charge on any atom is 0.274 e. The van der Waals surface area contributed by atoms with Crippen LogP contribution in [-0.2, 0) is 0 Å². The molecule has 1 N–H and O–H groups in total. The van der Waals surface area contributed by atoms with Crippen molar-refractivity contribution in [1.82, 2.24) is 0 Å². The van der Waals surface area contributed by atoms with Crippen LogP contribution in [-0.4, -0.2) is 4.92 Å². The summed E-state index contributed by atoms with van der Waals surface area (Å²) < 4.78 is 13.3. The summed E-state index contributed by atoms with van der Waals surface area (Å²) in [4.78, 5) is 11.2. The zero-order chi connectivity index (χ0) is 13.8. The summed E-state index contributed by atoms with van der Waals surface area (Å²) in [5.41, 5.74) is 0.176. The summed E-state index contributed by atoms with van der Waals surface area (Å²) in [7, 11) is 0. The smallest absolute Gasteiger partial charge is 0.274 e. The summed E-state index contributed by atoms with van der Waals surface area (Å²) in [5.74, 6) is -0.613. The number of hydrogen-bond acceptors (Lipinski definition) is 4. The first kappa shape index (κ1) is 13.5. The second kappa shape index (κ2) is 5.79. The van der Waals surface area contributed by atoms with Gasteiger partial charge in [0.25, 0.3) is 5.69 Å². The van der Waals surface area contributed by atoms with E-state index in [1.54, 1.807) is 11.3 Å². The Bertz CT molecular complexity index is 572. The molecule has 4 nitrogen and oxygen atoms in total. The third-order valence-corrected chi connectivity index (χ3v) is 3.72. The Morgan fingerprint density at radius 1 is 1.47 bits per heavy atom. The molecule has 1 aromatic heterocycles. The fourth-order valence-electron chi connectivity index (χ4n) is 1.83. The monoisotopic (exact) mass is 280 g/mol. The highest BCUT2D eigenvalue weighted by molar-refractivity contribution is 7.10. The lowest BCUT2D eigenvalue weighted by Gasteiger charge is -2.16. The van der Waals surface area contributed by atoms with Crippen molar-refractivity contribution in [3.8, 4) is 0 Å². The van der Waals surface area contributed by atoms with E-state index in [4.69, 9.17) is 0 Å². The van der Waals surface area contributed by atoms with Gasteiger partial charge in [0, 0.05) is 16.6 Å². The summed E-state index contributed by atoms with van der Waals surface area (Å²) in [6.45, 7) is 2.01. The molecule has 0 saturated carbocycles. The van der Waals surface area contributed by atoms with Crippen LogP contribution in [0.3, 0.4) is 0 Å². The lowest BCUT2D eigenvalue weighted by atomic mass is 10.1. The number of hydrogen-bond donors (Lipinski definition) is 1. The molecule has 1 atom stereocenters. The molecule has 0 spiro atoms. The van der Waals surface area contributed by atoms with E-state index in [0.29, 0.717) is 5.69 Å². The van der Waals surface area contributed by atoms with Crippen molar-refractivity contribution < 1.29 is 9.31 Å². The molecule has 0 radical (unpaired) electrons. The minimum absolute atomic E-state index is 0.0291. The van der Waals surface area contributed by atoms with Gasteiger partial charge in [0.05, 0.1) is 17.0 Å². The molecule has 19 heavy (non-hydrogen) atoms. The van der Waals surface area contributed by atoms with Crippen molar-refractivity contribution in [2.75, 3.05) is 5.32 Å². The molecule has 2 rings (SSSR count). The molecular formula is C13H13FN2O2S. The van der Waals surface area contributed by atoms with E-state index in [2.05, 4.69) is 5.32 Å². The second-order valence-electron chi connectivity index (χ2n) is 4.08. The van der Waals surface area contributed by atoms with Crippen molar-refractivity contribution in [3.05, 3.63) is 56.5 Å². The van der Waals surface area contributed by atoms with Crippen LogP contribution in [0.1, 0.15) is 24.3 Å². The van der Waals surface area contributed by atoms with Crippen molar-refractivity contribution >= 4 is 22.7 Å². The van der Waals surface area contributed by atoms with Gasteiger partial charge >= 0.3 is 0 Å². The number of thiophene rings is 1. The summed E-state index contributed by atoms with van der Waals surface area (Å²) in [6, 6.07) is 7.49. The van der Waals surface area contributed by atoms with Gasteiger partial charge in [-0.2, -0.15) is 0 Å². The van der Waals surface area contributed by atoms with Crippen molar-refractivity contribution in [2.45, 2.75) is 19.4 Å². The van der Waals surface area contributed by atoms with Gasteiger partial charge in [-0.15, -0.1) is 11.3 Å². The normalized spacial score (nSPS) is 12.1. The molecule has 0 fully saturated rings. The maximum absolute atomic E-state index is 13.3. The highest BCUT2D eigenvalue weighted by Gasteiger charge is 2.14. The van der Waals surface area contributed by atoms with Crippen molar-refractivity contribution in [1.29, 1.82) is 0 Å². The summed E-state index contributed by atoms with van der Waals surface area (Å²) in [6.07, 6.45) is 0.810. The number of rotatable bonds is 5. The fraction of sp³-hybridized carbons (Fsp3) is 0.231. The van der Waals surface area contributed by atoms with E-state index in [1.807, 2.05) is 24.4 Å². The predicted molar refractivity (Wildman–Crippen MR) is 74.0 cm³/mol. The van der Waals surface area contributed by atoms with E-state index in [9.17, 15) is 14.5 Å². The molecule has 100 valence electrons. The lowest BCUT2D eigenvalue weighted by Crippen LogP contribution is -2.08. The van der Waals surface area contributed by atoms with Gasteiger partial charge in [-0.1, -0.05) is 13.0 Å². The zero-order valence-electron chi connectivity index (χ0n) is 10.3. The van der Waals surface area contributed by atoms with Crippen LogP contribution in [0.15, 0.2) is 35.7 Å². The molecule has 1 heterocycles. The Morgan fingerprint density at radius 2 is 2.26 bits per heavy atom. The Morgan fingerprint density at radius 3 is 2.84 bits per heavy atom. The topological polar surface area (TPSA) is 55.2 Å². The number of nitro groups is 1. The number of non-ortho nitro benzene ring substituents is 1. The van der Waals surface area contributed by atoms with Gasteiger partial charge in [0.15, 0.2) is 0 Å². The van der Waals surface area contributed by atoms with Gasteiger partial charge < -0.3 is 5.32 Å². The Hall–Kier alpha value is -1.95. The number of halogens is 1. The molecule has 1 unspecified atom stereocenters. The van der Waals surface area contributed by atoms with E-state index >= 15 is 0 Å². The summed E-state index contributed by atoms with van der Waals surface area (Å²) in [5, 5.41) is 15.8. The van der Waals surface area contributed by atoms with Gasteiger partial charge in [-0.05, 0) is 23.9 Å². The lowest BCUT2D eigenvalue weighted by molar-refractivity contribution is -0.385. The first-order valence-corrected chi connectivity index (χ1v) is 6.73. The van der Waals surface area contributed by atoms with Crippen LogP contribution in [0.25, 0.3) is 0 Å². The number of nitrogens with zero attached hydrogens (tertiary/aromatic N) is 1. The van der Waals surface area contributed by atoms with Crippen LogP contribution < -0.4 is 5.32 Å². The molecule has 1 aromatic carbocycles.